The summed E-state index contributed by atoms with van der Waals surface area (Å²) in [6.45, 7) is 0.258. The second kappa shape index (κ2) is 7.33. The number of nitrogens with one attached hydrogen (secondary N) is 1. The summed E-state index contributed by atoms with van der Waals surface area (Å²) < 4.78 is 19.7. The number of rotatable bonds is 5. The highest BCUT2D eigenvalue weighted by Gasteiger charge is 2.43. The van der Waals surface area contributed by atoms with Crippen molar-refractivity contribution in [2.24, 2.45) is 5.92 Å². The number of ether oxygens (including phenoxy) is 1. The molecule has 1 aromatic rings. The molecule has 2 atom stereocenters. The fraction of sp³-hybridized carbons (Fsp3) is 0.600. The van der Waals surface area contributed by atoms with Gasteiger partial charge in [-0.1, -0.05) is 0 Å². The first kappa shape index (κ1) is 19.1. The Kier molecular flexibility index (Phi) is 5.01. The number of aliphatic hydroxyl groups excluding tert-OH is 1. The zero-order chi connectivity index (χ0) is 19.9. The third-order valence-corrected chi connectivity index (χ3v) is 5.90. The molecule has 0 spiro atoms. The topological polar surface area (TPSA) is 99.1 Å². The molecule has 4 rings (SSSR count). The number of hydrogen-bond donors (Lipinski definition) is 3. The standard InChI is InChI=1S/C20H25FN2O5/c21-14-4-5-15(13-3-6-17(25)22-19(13)14)28-11-20(27)7-8-23(10-16(20)24)18(26)9-12-1-2-12/h4-5,12,16,24,27H,1-3,6-11H2,(H,22,25)/t16-,20-/m1/s1. The number of benzene rings is 1. The van der Waals surface area contributed by atoms with Crippen molar-refractivity contribution in [1.29, 1.82) is 0 Å². The zero-order valence-electron chi connectivity index (χ0n) is 15.6. The number of carbonyl (C=O) groups excluding carboxylic acids is 2. The fourth-order valence-corrected chi connectivity index (χ4v) is 3.82. The largest absolute Gasteiger partial charge is 0.490 e. The third-order valence-electron chi connectivity index (χ3n) is 5.90. The molecule has 7 nitrogen and oxygen atoms in total. The van der Waals surface area contributed by atoms with Crippen molar-refractivity contribution in [3.8, 4) is 5.75 Å². The summed E-state index contributed by atoms with van der Waals surface area (Å²) in [7, 11) is 0. The lowest BCUT2D eigenvalue weighted by atomic mass is 9.89. The maximum absolute atomic E-state index is 14.0. The molecule has 8 heteroatoms. The summed E-state index contributed by atoms with van der Waals surface area (Å²) in [4.78, 5) is 25.4. The van der Waals surface area contributed by atoms with Crippen LogP contribution in [-0.2, 0) is 16.0 Å². The number of hydrogen-bond acceptors (Lipinski definition) is 5. The van der Waals surface area contributed by atoms with Gasteiger partial charge in [-0.25, -0.2) is 4.39 Å². The highest BCUT2D eigenvalue weighted by atomic mass is 19.1. The van der Waals surface area contributed by atoms with Crippen LogP contribution in [0.5, 0.6) is 5.75 Å². The number of fused-ring (bicyclic) bond motifs is 1. The molecule has 1 aromatic carbocycles. The van der Waals surface area contributed by atoms with Gasteiger partial charge >= 0.3 is 0 Å². The maximum Gasteiger partial charge on any atom is 0.224 e. The Labute approximate surface area is 162 Å². The minimum atomic E-state index is -1.49. The lowest BCUT2D eigenvalue weighted by Gasteiger charge is -2.42. The zero-order valence-corrected chi connectivity index (χ0v) is 15.6. The molecule has 2 amide bonds. The van der Waals surface area contributed by atoms with E-state index in [0.717, 1.165) is 12.8 Å². The molecule has 0 radical (unpaired) electrons. The minimum Gasteiger partial charge on any atom is -0.490 e. The van der Waals surface area contributed by atoms with Crippen molar-refractivity contribution in [3.63, 3.8) is 0 Å². The predicted octanol–water partition coefficient (Wildman–Crippen LogP) is 1.21. The van der Waals surface area contributed by atoms with Crippen molar-refractivity contribution in [3.05, 3.63) is 23.5 Å². The predicted molar refractivity (Wildman–Crippen MR) is 98.3 cm³/mol. The van der Waals surface area contributed by atoms with E-state index in [1.54, 1.807) is 4.90 Å². The molecule has 28 heavy (non-hydrogen) atoms. The Morgan fingerprint density at radius 2 is 2.14 bits per heavy atom. The number of nitrogens with zero attached hydrogens (tertiary/aromatic N) is 1. The first-order chi connectivity index (χ1) is 13.4. The molecule has 0 bridgehead atoms. The van der Waals surface area contributed by atoms with Crippen LogP contribution in [0.3, 0.4) is 0 Å². The summed E-state index contributed by atoms with van der Waals surface area (Å²) in [5.74, 6) is 0.0912. The van der Waals surface area contributed by atoms with Crippen molar-refractivity contribution in [2.45, 2.75) is 50.2 Å². The molecule has 1 saturated heterocycles. The number of amides is 2. The number of carbonyl (C=O) groups is 2. The summed E-state index contributed by atoms with van der Waals surface area (Å²) in [6, 6.07) is 2.68. The normalized spacial score (nSPS) is 27.2. The van der Waals surface area contributed by atoms with Crippen LogP contribution in [0.1, 0.15) is 37.7 Å². The first-order valence-electron chi connectivity index (χ1n) is 9.78. The van der Waals surface area contributed by atoms with E-state index in [2.05, 4.69) is 5.32 Å². The molecule has 152 valence electrons. The second-order valence-electron chi connectivity index (χ2n) is 8.09. The maximum atomic E-state index is 14.0. The smallest absolute Gasteiger partial charge is 0.224 e. The molecule has 1 saturated carbocycles. The molecular formula is C20H25FN2O5. The summed E-state index contributed by atoms with van der Waals surface area (Å²) in [6.07, 6.45) is 2.33. The average molecular weight is 392 g/mol. The Morgan fingerprint density at radius 1 is 1.36 bits per heavy atom. The Bertz CT molecular complexity index is 797. The molecule has 0 unspecified atom stereocenters. The number of aliphatic hydroxyl groups is 2. The highest BCUT2D eigenvalue weighted by molar-refractivity contribution is 5.94. The van der Waals surface area contributed by atoms with Crippen LogP contribution >= 0.6 is 0 Å². The van der Waals surface area contributed by atoms with E-state index < -0.39 is 17.5 Å². The van der Waals surface area contributed by atoms with Gasteiger partial charge in [0.1, 0.15) is 29.9 Å². The summed E-state index contributed by atoms with van der Waals surface area (Å²) in [5, 5.41) is 23.8. The van der Waals surface area contributed by atoms with Crippen molar-refractivity contribution >= 4 is 17.5 Å². The lowest BCUT2D eigenvalue weighted by Crippen LogP contribution is -2.59. The monoisotopic (exact) mass is 392 g/mol. The van der Waals surface area contributed by atoms with Gasteiger partial charge in [-0.2, -0.15) is 0 Å². The highest BCUT2D eigenvalue weighted by Crippen LogP contribution is 2.36. The van der Waals surface area contributed by atoms with Gasteiger partial charge in [0.2, 0.25) is 11.8 Å². The molecule has 2 fully saturated rings. The second-order valence-corrected chi connectivity index (χ2v) is 8.09. The summed E-state index contributed by atoms with van der Waals surface area (Å²) in [5.41, 5.74) is -0.827. The van der Waals surface area contributed by atoms with E-state index in [4.69, 9.17) is 4.74 Å². The van der Waals surface area contributed by atoms with Crippen molar-refractivity contribution < 1.29 is 28.9 Å². The lowest BCUT2D eigenvalue weighted by molar-refractivity contribution is -0.156. The Balaban J connectivity index is 1.40. The fourth-order valence-electron chi connectivity index (χ4n) is 3.82. The third kappa shape index (κ3) is 3.84. The van der Waals surface area contributed by atoms with E-state index >= 15 is 0 Å². The van der Waals surface area contributed by atoms with Crippen LogP contribution in [0.15, 0.2) is 12.1 Å². The first-order valence-corrected chi connectivity index (χ1v) is 9.78. The Morgan fingerprint density at radius 3 is 2.86 bits per heavy atom. The quantitative estimate of drug-likeness (QED) is 0.700. The van der Waals surface area contributed by atoms with Gasteiger partial charge in [0.25, 0.3) is 0 Å². The average Bonchev–Trinajstić information content (AvgIpc) is 3.48. The van der Waals surface area contributed by atoms with E-state index in [1.807, 2.05) is 0 Å². The van der Waals surface area contributed by atoms with Gasteiger partial charge in [0, 0.05) is 31.5 Å². The van der Waals surface area contributed by atoms with Gasteiger partial charge in [0.15, 0.2) is 0 Å². The van der Waals surface area contributed by atoms with Gasteiger partial charge in [-0.3, -0.25) is 9.59 Å². The molecule has 3 N–H and O–H groups in total. The van der Waals surface area contributed by atoms with Crippen molar-refractivity contribution in [1.82, 2.24) is 4.90 Å². The molecular weight excluding hydrogens is 367 g/mol. The van der Waals surface area contributed by atoms with E-state index in [9.17, 15) is 24.2 Å². The molecule has 2 aliphatic heterocycles. The van der Waals surface area contributed by atoms with Crippen LogP contribution in [0.4, 0.5) is 10.1 Å². The van der Waals surface area contributed by atoms with E-state index in [1.165, 1.54) is 12.1 Å². The Hall–Kier alpha value is -2.19. The van der Waals surface area contributed by atoms with Crippen LogP contribution in [0, 0.1) is 11.7 Å². The van der Waals surface area contributed by atoms with Crippen LogP contribution in [-0.4, -0.2) is 58.3 Å². The van der Waals surface area contributed by atoms with Crippen molar-refractivity contribution in [2.75, 3.05) is 25.0 Å². The molecule has 0 aromatic heterocycles. The van der Waals surface area contributed by atoms with Gasteiger partial charge in [-0.05, 0) is 43.7 Å². The molecule has 2 heterocycles. The SMILES string of the molecule is O=C1CCc2c(OC[C@]3(O)CCN(C(=O)CC4CC4)C[C@H]3O)ccc(F)c2N1. The minimum absolute atomic E-state index is 0.0212. The van der Waals surface area contributed by atoms with Gasteiger partial charge in [-0.15, -0.1) is 0 Å². The van der Waals surface area contributed by atoms with Crippen LogP contribution in [0.2, 0.25) is 0 Å². The number of halogens is 1. The van der Waals surface area contributed by atoms with Crippen LogP contribution in [0.25, 0.3) is 0 Å². The number of likely N-dealkylation sites (tertiary alicyclic amines) is 1. The molecule has 3 aliphatic rings. The number of β-amino-alcohol motifs (C(OH)–C–C–N with tert-alkyl or cyclic N) is 1. The molecule has 1 aliphatic carbocycles. The van der Waals surface area contributed by atoms with E-state index in [0.29, 0.717) is 36.6 Å². The number of piperidine rings is 1. The van der Waals surface area contributed by atoms with Gasteiger partial charge < -0.3 is 25.2 Å². The van der Waals surface area contributed by atoms with E-state index in [-0.39, 0.29) is 43.5 Å². The number of anilines is 1. The van der Waals surface area contributed by atoms with Crippen LogP contribution < -0.4 is 10.1 Å². The van der Waals surface area contributed by atoms with Gasteiger partial charge in [0.05, 0.1) is 5.69 Å². The summed E-state index contributed by atoms with van der Waals surface area (Å²) >= 11 is 0.